The Kier molecular flexibility index (Phi) is 5.59. The van der Waals surface area contributed by atoms with Gasteiger partial charge < -0.3 is 15.0 Å². The number of benzene rings is 2. The summed E-state index contributed by atoms with van der Waals surface area (Å²) in [5.41, 5.74) is -1.73. The summed E-state index contributed by atoms with van der Waals surface area (Å²) in [6.07, 6.45) is 0. The van der Waals surface area contributed by atoms with Crippen molar-refractivity contribution in [2.75, 3.05) is 0 Å². The van der Waals surface area contributed by atoms with Crippen molar-refractivity contribution in [1.29, 1.82) is 0 Å². The minimum atomic E-state index is -2.17. The van der Waals surface area contributed by atoms with E-state index in [1.165, 1.54) is 36.4 Å². The fourth-order valence-corrected chi connectivity index (χ4v) is 1.90. The SMILES string of the molecule is O=C([O-])C(O)(c1ccccc1)c1ccc(Cl)cc1.[Na+]. The average Bonchev–Trinajstić information content (AvgIpc) is 2.39. The molecule has 5 heteroatoms. The molecule has 19 heavy (non-hydrogen) atoms. The van der Waals surface area contributed by atoms with Crippen LogP contribution in [0.4, 0.5) is 0 Å². The van der Waals surface area contributed by atoms with Crippen molar-refractivity contribution < 1.29 is 44.6 Å². The van der Waals surface area contributed by atoms with Gasteiger partial charge in [0.25, 0.3) is 0 Å². The van der Waals surface area contributed by atoms with Gasteiger partial charge in [-0.05, 0) is 23.3 Å². The molecule has 0 aliphatic carbocycles. The van der Waals surface area contributed by atoms with E-state index in [4.69, 9.17) is 11.6 Å². The van der Waals surface area contributed by atoms with Gasteiger partial charge in [0.1, 0.15) is 0 Å². The van der Waals surface area contributed by atoms with E-state index in [-0.39, 0.29) is 40.7 Å². The Morgan fingerprint density at radius 1 is 1.00 bits per heavy atom. The fraction of sp³-hybridized carbons (Fsp3) is 0.0714. The van der Waals surface area contributed by atoms with Gasteiger partial charge in [-0.3, -0.25) is 0 Å². The topological polar surface area (TPSA) is 60.4 Å². The van der Waals surface area contributed by atoms with Crippen molar-refractivity contribution in [3.05, 3.63) is 70.7 Å². The van der Waals surface area contributed by atoms with Gasteiger partial charge in [-0.1, -0.05) is 54.1 Å². The largest absolute Gasteiger partial charge is 1.00 e. The summed E-state index contributed by atoms with van der Waals surface area (Å²) in [6.45, 7) is 0. The van der Waals surface area contributed by atoms with E-state index in [1.807, 2.05) is 0 Å². The summed E-state index contributed by atoms with van der Waals surface area (Å²) >= 11 is 5.74. The van der Waals surface area contributed by atoms with Crippen molar-refractivity contribution in [2.24, 2.45) is 0 Å². The maximum Gasteiger partial charge on any atom is 1.00 e. The van der Waals surface area contributed by atoms with Crippen LogP contribution in [-0.4, -0.2) is 11.1 Å². The standard InChI is InChI=1S/C14H11ClO3.Na/c15-12-8-6-11(7-9-12)14(18,13(16)17)10-4-2-1-3-5-10;/h1-9,18H,(H,16,17);/q;+1/p-1. The van der Waals surface area contributed by atoms with E-state index in [0.717, 1.165) is 0 Å². The molecule has 0 spiro atoms. The zero-order valence-electron chi connectivity index (χ0n) is 10.3. The van der Waals surface area contributed by atoms with Crippen LogP contribution in [0.5, 0.6) is 0 Å². The predicted molar refractivity (Wildman–Crippen MR) is 65.9 cm³/mol. The van der Waals surface area contributed by atoms with E-state index in [1.54, 1.807) is 18.2 Å². The number of aliphatic hydroxyl groups is 1. The molecule has 2 rings (SSSR count). The zero-order chi connectivity index (χ0) is 13.2. The Bertz CT molecular complexity index is 557. The van der Waals surface area contributed by atoms with Crippen LogP contribution in [-0.2, 0) is 10.4 Å². The summed E-state index contributed by atoms with van der Waals surface area (Å²) < 4.78 is 0. The van der Waals surface area contributed by atoms with Crippen molar-refractivity contribution in [3.8, 4) is 0 Å². The first kappa shape index (κ1) is 16.2. The molecule has 0 saturated carbocycles. The van der Waals surface area contributed by atoms with Crippen LogP contribution in [0.2, 0.25) is 5.02 Å². The molecule has 0 amide bonds. The third-order valence-corrected chi connectivity index (χ3v) is 3.00. The molecule has 1 N–H and O–H groups in total. The number of carboxylic acids is 1. The molecular formula is C14H10ClNaO3. The Morgan fingerprint density at radius 3 is 1.95 bits per heavy atom. The molecule has 2 aromatic carbocycles. The number of rotatable bonds is 3. The number of carbonyl (C=O) groups is 1. The minimum Gasteiger partial charge on any atom is -0.546 e. The van der Waals surface area contributed by atoms with Crippen molar-refractivity contribution in [1.82, 2.24) is 0 Å². The molecule has 92 valence electrons. The third kappa shape index (κ3) is 3.19. The molecular weight excluding hydrogens is 275 g/mol. The van der Waals surface area contributed by atoms with Gasteiger partial charge in [-0.15, -0.1) is 0 Å². The molecule has 0 saturated heterocycles. The van der Waals surface area contributed by atoms with Crippen molar-refractivity contribution >= 4 is 17.6 Å². The minimum absolute atomic E-state index is 0. The number of aliphatic carboxylic acids is 1. The van der Waals surface area contributed by atoms with Crippen molar-refractivity contribution in [2.45, 2.75) is 5.60 Å². The maximum atomic E-state index is 11.3. The van der Waals surface area contributed by atoms with E-state index in [0.29, 0.717) is 5.02 Å². The van der Waals surface area contributed by atoms with E-state index >= 15 is 0 Å². The second-order valence-corrected chi connectivity index (χ2v) is 4.31. The van der Waals surface area contributed by atoms with Crippen LogP contribution in [0.25, 0.3) is 0 Å². The normalized spacial score (nSPS) is 13.2. The maximum absolute atomic E-state index is 11.3. The summed E-state index contributed by atoms with van der Waals surface area (Å²) in [6, 6.07) is 14.1. The second-order valence-electron chi connectivity index (χ2n) is 3.87. The zero-order valence-corrected chi connectivity index (χ0v) is 13.1. The first-order valence-corrected chi connectivity index (χ1v) is 5.68. The van der Waals surface area contributed by atoms with Crippen LogP contribution in [0.3, 0.4) is 0 Å². The number of halogens is 1. The third-order valence-electron chi connectivity index (χ3n) is 2.75. The quantitative estimate of drug-likeness (QED) is 0.686. The van der Waals surface area contributed by atoms with Gasteiger partial charge in [0.2, 0.25) is 0 Å². The molecule has 3 nitrogen and oxygen atoms in total. The fourth-order valence-electron chi connectivity index (χ4n) is 1.77. The summed E-state index contributed by atoms with van der Waals surface area (Å²) in [4.78, 5) is 11.3. The van der Waals surface area contributed by atoms with Crippen molar-refractivity contribution in [3.63, 3.8) is 0 Å². The van der Waals surface area contributed by atoms with Crippen LogP contribution in [0, 0.1) is 0 Å². The second kappa shape index (κ2) is 6.55. The Hall–Kier alpha value is -0.840. The predicted octanol–water partition coefficient (Wildman–Crippen LogP) is -1.67. The van der Waals surface area contributed by atoms with Gasteiger partial charge >= 0.3 is 29.6 Å². The molecule has 0 aliphatic heterocycles. The summed E-state index contributed by atoms with van der Waals surface area (Å²) in [5.74, 6) is -1.57. The molecule has 1 unspecified atom stereocenters. The van der Waals surface area contributed by atoms with Crippen LogP contribution >= 0.6 is 11.6 Å². The molecule has 0 aliphatic rings. The Balaban J connectivity index is 0.00000180. The van der Waals surface area contributed by atoms with Crippen LogP contribution < -0.4 is 34.7 Å². The van der Waals surface area contributed by atoms with Crippen LogP contribution in [0.1, 0.15) is 11.1 Å². The van der Waals surface area contributed by atoms with E-state index < -0.39 is 11.6 Å². The summed E-state index contributed by atoms with van der Waals surface area (Å²) in [5, 5.41) is 22.2. The van der Waals surface area contributed by atoms with Gasteiger partial charge in [0, 0.05) is 5.02 Å². The van der Waals surface area contributed by atoms with Gasteiger partial charge in [0.05, 0.1) is 5.97 Å². The van der Waals surface area contributed by atoms with E-state index in [2.05, 4.69) is 0 Å². The van der Waals surface area contributed by atoms with Gasteiger partial charge in [0.15, 0.2) is 5.60 Å². The smallest absolute Gasteiger partial charge is 0.546 e. The van der Waals surface area contributed by atoms with Gasteiger partial charge in [-0.2, -0.15) is 0 Å². The number of hydrogen-bond acceptors (Lipinski definition) is 3. The molecule has 1 atom stereocenters. The Morgan fingerprint density at radius 2 is 1.47 bits per heavy atom. The van der Waals surface area contributed by atoms with E-state index in [9.17, 15) is 15.0 Å². The van der Waals surface area contributed by atoms with Crippen LogP contribution in [0.15, 0.2) is 54.6 Å². The first-order valence-electron chi connectivity index (χ1n) is 5.30. The molecule has 0 heterocycles. The first-order chi connectivity index (χ1) is 8.55. The number of carboxylic acid groups (broad SMARTS) is 1. The Labute approximate surface area is 138 Å². The summed E-state index contributed by atoms with van der Waals surface area (Å²) in [7, 11) is 0. The monoisotopic (exact) mass is 284 g/mol. The average molecular weight is 285 g/mol. The molecule has 0 fully saturated rings. The molecule has 0 radical (unpaired) electrons. The van der Waals surface area contributed by atoms with Gasteiger partial charge in [-0.25, -0.2) is 0 Å². The number of carbonyl (C=O) groups excluding carboxylic acids is 1. The molecule has 0 aromatic heterocycles. The number of hydrogen-bond donors (Lipinski definition) is 1. The molecule has 0 bridgehead atoms. The molecule has 2 aromatic rings.